The van der Waals surface area contributed by atoms with Crippen LogP contribution < -0.4 is 5.46 Å². The van der Waals surface area contributed by atoms with Crippen molar-refractivity contribution >= 4 is 25.2 Å². The van der Waals surface area contributed by atoms with Crippen LogP contribution in [-0.4, -0.2) is 17.2 Å². The molecule has 0 spiro atoms. The molecule has 0 aliphatic carbocycles. The van der Waals surface area contributed by atoms with E-state index in [1.165, 1.54) is 0 Å². The molecule has 1 aromatic carbocycles. The van der Waals surface area contributed by atoms with Crippen molar-refractivity contribution in [2.45, 2.75) is 18.4 Å². The van der Waals surface area contributed by atoms with Gasteiger partial charge in [0.2, 0.25) is 0 Å². The van der Waals surface area contributed by atoms with Crippen LogP contribution in [-0.2, 0) is 6.54 Å². The number of thiol groups is 1. The highest BCUT2D eigenvalue weighted by molar-refractivity contribution is 7.80. The summed E-state index contributed by atoms with van der Waals surface area (Å²) in [5.41, 5.74) is 10.2. The molecule has 0 aliphatic heterocycles. The van der Waals surface area contributed by atoms with Gasteiger partial charge in [-0.3, -0.25) is 0 Å². The van der Waals surface area contributed by atoms with E-state index >= 15 is 0 Å². The molecule has 0 radical (unpaired) electrons. The fraction of sp³-hybridized carbons (Fsp3) is 0.250. The summed E-state index contributed by atoms with van der Waals surface area (Å²) in [6.07, 6.45) is 0. The van der Waals surface area contributed by atoms with E-state index in [1.54, 1.807) is 12.1 Å². The molecule has 78 valence electrons. The fourth-order valence-electron chi connectivity index (χ4n) is 1.20. The highest BCUT2D eigenvalue weighted by Crippen LogP contribution is 2.17. The van der Waals surface area contributed by atoms with Gasteiger partial charge < -0.3 is 10.0 Å². The summed E-state index contributed by atoms with van der Waals surface area (Å²) in [6.45, 7) is 2.01. The zero-order valence-electron chi connectivity index (χ0n) is 8.12. The molecule has 0 aliphatic rings. The van der Waals surface area contributed by atoms with Gasteiger partial charge in [-0.05, 0) is 35.1 Å². The Morgan fingerprint density at radius 3 is 2.73 bits per heavy atom. The second-order valence-electron chi connectivity index (χ2n) is 3.09. The molecule has 2 N–H and O–H groups in total. The zero-order chi connectivity index (χ0) is 11.4. The van der Waals surface area contributed by atoms with E-state index in [1.807, 2.05) is 6.92 Å². The number of hydrogen-bond donors (Lipinski definition) is 3. The van der Waals surface area contributed by atoms with Crippen LogP contribution in [0.2, 0.25) is 0 Å². The Hall–Kier alpha value is -1.14. The average Bonchev–Trinajstić information content (AvgIpc) is 2.19. The standard InChI is InChI=1S/C8H10BN3O2S/c1-5-6(4-11-12-10)2-7(9(13)14)3-8(5)15/h2-3,13-15H,4H2,1H3. The molecule has 0 heterocycles. The molecule has 0 bridgehead atoms. The quantitative estimate of drug-likeness (QED) is 0.232. The summed E-state index contributed by atoms with van der Waals surface area (Å²) in [5, 5.41) is 21.4. The van der Waals surface area contributed by atoms with Crippen LogP contribution >= 0.6 is 12.6 Å². The lowest BCUT2D eigenvalue weighted by Gasteiger charge is -2.09. The molecule has 0 saturated carbocycles. The summed E-state index contributed by atoms with van der Waals surface area (Å²) in [5.74, 6) is 0. The largest absolute Gasteiger partial charge is 0.488 e. The molecular weight excluding hydrogens is 213 g/mol. The van der Waals surface area contributed by atoms with E-state index < -0.39 is 7.12 Å². The summed E-state index contributed by atoms with van der Waals surface area (Å²) >= 11 is 4.20. The van der Waals surface area contributed by atoms with E-state index in [0.29, 0.717) is 10.4 Å². The van der Waals surface area contributed by atoms with Gasteiger partial charge in [0, 0.05) is 9.81 Å². The molecule has 5 nitrogen and oxygen atoms in total. The maximum atomic E-state index is 9.01. The van der Waals surface area contributed by atoms with E-state index in [-0.39, 0.29) is 6.54 Å². The van der Waals surface area contributed by atoms with Crippen LogP contribution in [0.5, 0.6) is 0 Å². The van der Waals surface area contributed by atoms with Gasteiger partial charge in [-0.25, -0.2) is 0 Å². The molecule has 0 unspecified atom stereocenters. The number of nitrogens with zero attached hydrogens (tertiary/aromatic N) is 3. The third kappa shape index (κ3) is 2.90. The first-order chi connectivity index (χ1) is 7.06. The minimum Gasteiger partial charge on any atom is -0.423 e. The Morgan fingerprint density at radius 2 is 2.20 bits per heavy atom. The molecule has 0 amide bonds. The van der Waals surface area contributed by atoms with Gasteiger partial charge in [0.1, 0.15) is 0 Å². The van der Waals surface area contributed by atoms with Gasteiger partial charge in [-0.1, -0.05) is 11.2 Å². The number of benzene rings is 1. The summed E-state index contributed by atoms with van der Waals surface area (Å²) in [4.78, 5) is 3.29. The predicted molar refractivity (Wildman–Crippen MR) is 61.1 cm³/mol. The second kappa shape index (κ2) is 5.09. The average molecular weight is 223 g/mol. The molecule has 1 aromatic rings. The summed E-state index contributed by atoms with van der Waals surface area (Å²) in [7, 11) is -1.54. The van der Waals surface area contributed by atoms with Crippen LogP contribution in [0.15, 0.2) is 22.1 Å². The molecule has 0 saturated heterocycles. The van der Waals surface area contributed by atoms with Crippen molar-refractivity contribution in [1.82, 2.24) is 0 Å². The maximum absolute atomic E-state index is 9.01. The smallest absolute Gasteiger partial charge is 0.423 e. The van der Waals surface area contributed by atoms with Gasteiger partial charge >= 0.3 is 7.12 Å². The van der Waals surface area contributed by atoms with E-state index in [2.05, 4.69) is 22.7 Å². The van der Waals surface area contributed by atoms with Crippen molar-refractivity contribution in [3.05, 3.63) is 33.7 Å². The first-order valence-corrected chi connectivity index (χ1v) is 4.70. The topological polar surface area (TPSA) is 89.2 Å². The Bertz CT molecular complexity index is 419. The fourth-order valence-corrected chi connectivity index (χ4v) is 1.50. The van der Waals surface area contributed by atoms with E-state index in [4.69, 9.17) is 15.6 Å². The Morgan fingerprint density at radius 1 is 1.53 bits per heavy atom. The first kappa shape index (κ1) is 11.9. The maximum Gasteiger partial charge on any atom is 0.488 e. The highest BCUT2D eigenvalue weighted by atomic mass is 32.1. The monoisotopic (exact) mass is 223 g/mol. The van der Waals surface area contributed by atoms with Crippen molar-refractivity contribution in [3.8, 4) is 0 Å². The predicted octanol–water partition coefficient (Wildman–Crippen LogP) is 0.774. The molecule has 7 heteroatoms. The molecular formula is C8H10BN3O2S. The lowest BCUT2D eigenvalue weighted by atomic mass is 9.79. The lowest BCUT2D eigenvalue weighted by Crippen LogP contribution is -2.30. The Labute approximate surface area is 92.9 Å². The van der Waals surface area contributed by atoms with Crippen molar-refractivity contribution in [3.63, 3.8) is 0 Å². The third-order valence-electron chi connectivity index (χ3n) is 2.11. The number of azide groups is 1. The Kier molecular flexibility index (Phi) is 4.05. The number of rotatable bonds is 3. The summed E-state index contributed by atoms with van der Waals surface area (Å²) < 4.78 is 0. The van der Waals surface area contributed by atoms with Gasteiger partial charge in [0.15, 0.2) is 0 Å². The van der Waals surface area contributed by atoms with Crippen molar-refractivity contribution in [2.24, 2.45) is 5.11 Å². The second-order valence-corrected chi connectivity index (χ2v) is 3.57. The SMILES string of the molecule is Cc1c(S)cc(B(O)O)cc1CN=[N+]=[N-]. The minimum atomic E-state index is -1.54. The normalized spacial score (nSPS) is 9.60. The van der Waals surface area contributed by atoms with Crippen LogP contribution in [0.4, 0.5) is 0 Å². The van der Waals surface area contributed by atoms with Crippen molar-refractivity contribution < 1.29 is 10.0 Å². The van der Waals surface area contributed by atoms with Crippen LogP contribution in [0.3, 0.4) is 0 Å². The van der Waals surface area contributed by atoms with Gasteiger partial charge in [-0.2, -0.15) is 0 Å². The van der Waals surface area contributed by atoms with E-state index in [9.17, 15) is 0 Å². The van der Waals surface area contributed by atoms with Gasteiger partial charge in [0.05, 0.1) is 6.54 Å². The minimum absolute atomic E-state index is 0.177. The molecule has 0 atom stereocenters. The van der Waals surface area contributed by atoms with Gasteiger partial charge in [0.25, 0.3) is 0 Å². The van der Waals surface area contributed by atoms with Crippen LogP contribution in [0.1, 0.15) is 11.1 Å². The summed E-state index contributed by atoms with van der Waals surface area (Å²) in [6, 6.07) is 3.16. The highest BCUT2D eigenvalue weighted by Gasteiger charge is 2.14. The van der Waals surface area contributed by atoms with Crippen LogP contribution in [0.25, 0.3) is 10.4 Å². The Balaban J connectivity index is 3.18. The molecule has 1 rings (SSSR count). The molecule has 0 aromatic heterocycles. The van der Waals surface area contributed by atoms with E-state index in [0.717, 1.165) is 11.1 Å². The van der Waals surface area contributed by atoms with Crippen molar-refractivity contribution in [1.29, 1.82) is 0 Å². The van der Waals surface area contributed by atoms with Crippen molar-refractivity contribution in [2.75, 3.05) is 0 Å². The lowest BCUT2D eigenvalue weighted by molar-refractivity contribution is 0.425. The first-order valence-electron chi connectivity index (χ1n) is 4.25. The van der Waals surface area contributed by atoms with Crippen LogP contribution in [0, 0.1) is 6.92 Å². The zero-order valence-corrected chi connectivity index (χ0v) is 9.02. The van der Waals surface area contributed by atoms with Gasteiger partial charge in [-0.15, -0.1) is 12.6 Å². The molecule has 15 heavy (non-hydrogen) atoms. The number of hydrogen-bond acceptors (Lipinski definition) is 4. The molecule has 0 fully saturated rings. The third-order valence-corrected chi connectivity index (χ3v) is 2.58.